The van der Waals surface area contributed by atoms with Crippen LogP contribution in [0.3, 0.4) is 0 Å². The highest BCUT2D eigenvalue weighted by Gasteiger charge is 2.26. The Balaban J connectivity index is 2.28. The number of nitrogens with zero attached hydrogens (tertiary/aromatic N) is 1. The first-order chi connectivity index (χ1) is 7.74. The van der Waals surface area contributed by atoms with Crippen molar-refractivity contribution in [2.45, 2.75) is 31.7 Å². The Morgan fingerprint density at radius 1 is 1.38 bits per heavy atom. The fourth-order valence-electron chi connectivity index (χ4n) is 2.24. The van der Waals surface area contributed by atoms with Gasteiger partial charge in [0, 0.05) is 35.8 Å². The molecule has 0 aliphatic carbocycles. The molecule has 2 nitrogen and oxygen atoms in total. The predicted octanol–water partition coefficient (Wildman–Crippen LogP) is 2.48. The minimum atomic E-state index is 0.589. The van der Waals surface area contributed by atoms with Crippen LogP contribution in [0.25, 0.3) is 0 Å². The molecular weight excluding hydrogens is 216 g/mol. The third-order valence-electron chi connectivity index (χ3n) is 3.40. The van der Waals surface area contributed by atoms with Gasteiger partial charge in [0.05, 0.1) is 0 Å². The number of rotatable bonds is 2. The number of benzene rings is 1. The first kappa shape index (κ1) is 11.8. The van der Waals surface area contributed by atoms with E-state index in [2.05, 4.69) is 54.8 Å². The summed E-state index contributed by atoms with van der Waals surface area (Å²) >= 11 is 2.07. The number of hydrogen-bond donors (Lipinski definition) is 1. The van der Waals surface area contributed by atoms with Gasteiger partial charge in [0.25, 0.3) is 0 Å². The van der Waals surface area contributed by atoms with E-state index in [0.29, 0.717) is 17.8 Å². The Morgan fingerprint density at radius 3 is 2.88 bits per heavy atom. The smallest absolute Gasteiger partial charge is 0.0414 e. The molecule has 1 aromatic rings. The summed E-state index contributed by atoms with van der Waals surface area (Å²) in [5.74, 6) is 1.21. The Kier molecular flexibility index (Phi) is 3.77. The van der Waals surface area contributed by atoms with Crippen molar-refractivity contribution in [2.75, 3.05) is 17.2 Å². The molecule has 1 aliphatic heterocycles. The lowest BCUT2D eigenvalue weighted by atomic mass is 10.1. The molecule has 1 heterocycles. The number of para-hydroxylation sites is 1. The van der Waals surface area contributed by atoms with Crippen molar-refractivity contribution in [3.8, 4) is 0 Å². The Hall–Kier alpha value is -0.670. The van der Waals surface area contributed by atoms with Gasteiger partial charge in [-0.3, -0.25) is 0 Å². The van der Waals surface area contributed by atoms with Crippen molar-refractivity contribution in [1.82, 2.24) is 0 Å². The van der Waals surface area contributed by atoms with E-state index in [1.54, 1.807) is 0 Å². The van der Waals surface area contributed by atoms with Gasteiger partial charge in [-0.15, -0.1) is 0 Å². The number of nitrogens with two attached hydrogens (primary N) is 1. The second kappa shape index (κ2) is 5.11. The molecule has 1 saturated heterocycles. The minimum absolute atomic E-state index is 0.589. The van der Waals surface area contributed by atoms with Gasteiger partial charge in [-0.25, -0.2) is 0 Å². The molecule has 2 rings (SSSR count). The van der Waals surface area contributed by atoms with E-state index in [1.165, 1.54) is 17.0 Å². The Bertz CT molecular complexity index is 354. The highest BCUT2D eigenvalue weighted by atomic mass is 32.2. The summed E-state index contributed by atoms with van der Waals surface area (Å²) in [6.07, 6.45) is 0. The molecule has 0 amide bonds. The molecule has 16 heavy (non-hydrogen) atoms. The average molecular weight is 236 g/mol. The van der Waals surface area contributed by atoms with Crippen LogP contribution in [-0.4, -0.2) is 23.6 Å². The lowest BCUT2D eigenvalue weighted by molar-refractivity contribution is 0.625. The maximum absolute atomic E-state index is 5.81. The zero-order chi connectivity index (χ0) is 11.5. The number of thioether (sulfide) groups is 1. The van der Waals surface area contributed by atoms with Crippen LogP contribution in [0.1, 0.15) is 19.4 Å². The summed E-state index contributed by atoms with van der Waals surface area (Å²) in [5.41, 5.74) is 8.39. The first-order valence-corrected chi connectivity index (χ1v) is 6.95. The summed E-state index contributed by atoms with van der Waals surface area (Å²) < 4.78 is 0. The van der Waals surface area contributed by atoms with E-state index in [1.807, 2.05) is 0 Å². The summed E-state index contributed by atoms with van der Waals surface area (Å²) in [5, 5.41) is 0.694. The largest absolute Gasteiger partial charge is 0.367 e. The van der Waals surface area contributed by atoms with Crippen LogP contribution in [0.4, 0.5) is 5.69 Å². The normalized spacial score (nSPS) is 25.8. The van der Waals surface area contributed by atoms with E-state index in [4.69, 9.17) is 5.73 Å². The lowest BCUT2D eigenvalue weighted by Gasteiger charge is -2.40. The number of anilines is 1. The van der Waals surface area contributed by atoms with Crippen LogP contribution < -0.4 is 10.6 Å². The van der Waals surface area contributed by atoms with Crippen LogP contribution >= 0.6 is 11.8 Å². The molecule has 0 radical (unpaired) electrons. The third-order valence-corrected chi connectivity index (χ3v) is 4.74. The van der Waals surface area contributed by atoms with E-state index in [-0.39, 0.29) is 0 Å². The number of hydrogen-bond acceptors (Lipinski definition) is 3. The molecule has 88 valence electrons. The predicted molar refractivity (Wildman–Crippen MR) is 73.1 cm³/mol. The molecule has 1 fully saturated rings. The maximum Gasteiger partial charge on any atom is 0.0414 e. The molecule has 2 unspecified atom stereocenters. The molecule has 1 aromatic carbocycles. The molecule has 2 N–H and O–H groups in total. The molecular formula is C13H20N2S. The topological polar surface area (TPSA) is 29.3 Å². The molecule has 0 saturated carbocycles. The zero-order valence-corrected chi connectivity index (χ0v) is 10.8. The third kappa shape index (κ3) is 2.20. The van der Waals surface area contributed by atoms with Crippen molar-refractivity contribution < 1.29 is 0 Å². The quantitative estimate of drug-likeness (QED) is 0.855. The fraction of sp³-hybridized carbons (Fsp3) is 0.538. The van der Waals surface area contributed by atoms with E-state index < -0.39 is 0 Å². The zero-order valence-electron chi connectivity index (χ0n) is 10.0. The van der Waals surface area contributed by atoms with Crippen molar-refractivity contribution in [3.63, 3.8) is 0 Å². The molecule has 0 spiro atoms. The van der Waals surface area contributed by atoms with Gasteiger partial charge in [0.2, 0.25) is 0 Å². The molecule has 3 heteroatoms. The SMILES string of the molecule is CC1SCCN(c2ccccc2CN)C1C. The standard InChI is InChI=1S/C13H20N2S/c1-10-11(2)16-8-7-15(10)13-6-4-3-5-12(13)9-14/h3-6,10-11H,7-9,14H2,1-2H3. The summed E-state index contributed by atoms with van der Waals surface area (Å²) in [7, 11) is 0. The van der Waals surface area contributed by atoms with E-state index in [9.17, 15) is 0 Å². The Morgan fingerprint density at radius 2 is 2.12 bits per heavy atom. The summed E-state index contributed by atoms with van der Waals surface area (Å²) in [6, 6.07) is 9.09. The highest BCUT2D eigenvalue weighted by Crippen LogP contribution is 2.30. The summed E-state index contributed by atoms with van der Waals surface area (Å²) in [6.45, 7) is 6.38. The van der Waals surface area contributed by atoms with Crippen molar-refractivity contribution >= 4 is 17.4 Å². The van der Waals surface area contributed by atoms with Gasteiger partial charge < -0.3 is 10.6 Å². The van der Waals surface area contributed by atoms with Crippen LogP contribution in [0.15, 0.2) is 24.3 Å². The maximum atomic E-state index is 5.81. The van der Waals surface area contributed by atoms with Gasteiger partial charge in [-0.05, 0) is 18.6 Å². The first-order valence-electron chi connectivity index (χ1n) is 5.90. The van der Waals surface area contributed by atoms with Crippen LogP contribution in [0.2, 0.25) is 0 Å². The highest BCUT2D eigenvalue weighted by molar-refractivity contribution is 8.00. The monoisotopic (exact) mass is 236 g/mol. The van der Waals surface area contributed by atoms with Gasteiger partial charge >= 0.3 is 0 Å². The second-order valence-corrected chi connectivity index (χ2v) is 5.83. The van der Waals surface area contributed by atoms with Gasteiger partial charge in [-0.2, -0.15) is 11.8 Å². The van der Waals surface area contributed by atoms with Crippen molar-refractivity contribution in [2.24, 2.45) is 5.73 Å². The van der Waals surface area contributed by atoms with Crippen LogP contribution in [-0.2, 0) is 6.54 Å². The van der Waals surface area contributed by atoms with Crippen molar-refractivity contribution in [3.05, 3.63) is 29.8 Å². The van der Waals surface area contributed by atoms with Crippen LogP contribution in [0.5, 0.6) is 0 Å². The van der Waals surface area contributed by atoms with Crippen LogP contribution in [0, 0.1) is 0 Å². The molecule has 0 bridgehead atoms. The second-order valence-electron chi connectivity index (χ2n) is 4.34. The van der Waals surface area contributed by atoms with Gasteiger partial charge in [0.1, 0.15) is 0 Å². The van der Waals surface area contributed by atoms with E-state index in [0.717, 1.165) is 6.54 Å². The minimum Gasteiger partial charge on any atom is -0.367 e. The molecule has 1 aliphatic rings. The molecule has 0 aromatic heterocycles. The molecule has 2 atom stereocenters. The van der Waals surface area contributed by atoms with Crippen molar-refractivity contribution in [1.29, 1.82) is 0 Å². The Labute approximate surface area is 102 Å². The van der Waals surface area contributed by atoms with Gasteiger partial charge in [0.15, 0.2) is 0 Å². The summed E-state index contributed by atoms with van der Waals surface area (Å²) in [4.78, 5) is 2.50. The van der Waals surface area contributed by atoms with Gasteiger partial charge in [-0.1, -0.05) is 25.1 Å². The van der Waals surface area contributed by atoms with E-state index >= 15 is 0 Å². The lowest BCUT2D eigenvalue weighted by Crippen LogP contribution is -2.45. The fourth-order valence-corrected chi connectivity index (χ4v) is 3.34. The average Bonchev–Trinajstić information content (AvgIpc) is 2.33.